The molecule has 0 radical (unpaired) electrons. The zero-order chi connectivity index (χ0) is 10.3. The maximum absolute atomic E-state index is 11.3. The van der Waals surface area contributed by atoms with E-state index in [2.05, 4.69) is 11.9 Å². The van der Waals surface area contributed by atoms with Gasteiger partial charge in [0.15, 0.2) is 0 Å². The molecule has 0 saturated carbocycles. The Morgan fingerprint density at radius 3 is 2.69 bits per heavy atom. The molecule has 3 heteroatoms. The van der Waals surface area contributed by atoms with Crippen molar-refractivity contribution in [2.45, 2.75) is 32.3 Å². The summed E-state index contributed by atoms with van der Waals surface area (Å²) in [4.78, 5) is 11.3. The highest BCUT2D eigenvalue weighted by molar-refractivity contribution is 5.76. The van der Waals surface area contributed by atoms with Gasteiger partial charge in [0, 0.05) is 13.7 Å². The molecule has 0 aromatic carbocycles. The number of rotatable bonds is 6. The molecular weight excluding hydrogens is 166 g/mol. The Kier molecular flexibility index (Phi) is 5.39. The summed E-state index contributed by atoms with van der Waals surface area (Å²) in [6, 6.07) is 0. The summed E-state index contributed by atoms with van der Waals surface area (Å²) in [6.45, 7) is 8.01. The molecule has 0 bridgehead atoms. The Morgan fingerprint density at radius 2 is 2.23 bits per heavy atom. The van der Waals surface area contributed by atoms with Crippen molar-refractivity contribution in [3.63, 3.8) is 0 Å². The third-order valence-electron chi connectivity index (χ3n) is 1.81. The predicted molar refractivity (Wildman–Crippen MR) is 53.5 cm³/mol. The van der Waals surface area contributed by atoms with Crippen molar-refractivity contribution < 1.29 is 9.53 Å². The van der Waals surface area contributed by atoms with E-state index < -0.39 is 0 Å². The van der Waals surface area contributed by atoms with E-state index in [1.165, 1.54) is 0 Å². The van der Waals surface area contributed by atoms with E-state index in [4.69, 9.17) is 4.74 Å². The molecule has 0 rings (SSSR count). The van der Waals surface area contributed by atoms with Crippen LogP contribution in [0.25, 0.3) is 0 Å². The quantitative estimate of drug-likeness (QED) is 0.503. The average Bonchev–Trinajstić information content (AvgIpc) is 2.04. The maximum atomic E-state index is 11.3. The van der Waals surface area contributed by atoms with Crippen LogP contribution in [0.5, 0.6) is 0 Å². The Bertz CT molecular complexity index is 176. The van der Waals surface area contributed by atoms with Gasteiger partial charge in [-0.05, 0) is 20.3 Å². The summed E-state index contributed by atoms with van der Waals surface area (Å²) >= 11 is 0. The van der Waals surface area contributed by atoms with Gasteiger partial charge in [0.05, 0.1) is 12.0 Å². The average molecular weight is 185 g/mol. The molecular formula is C10H19NO2. The third kappa shape index (κ3) is 6.34. The molecule has 13 heavy (non-hydrogen) atoms. The minimum atomic E-state index is -0.377. The number of amides is 1. The van der Waals surface area contributed by atoms with Gasteiger partial charge in [0.25, 0.3) is 0 Å². The van der Waals surface area contributed by atoms with Crippen molar-refractivity contribution in [2.75, 3.05) is 13.7 Å². The number of nitrogens with one attached hydrogen (secondary N) is 1. The molecule has 0 spiro atoms. The van der Waals surface area contributed by atoms with E-state index >= 15 is 0 Å². The van der Waals surface area contributed by atoms with Crippen LogP contribution in [0.3, 0.4) is 0 Å². The van der Waals surface area contributed by atoms with E-state index in [9.17, 15) is 4.79 Å². The highest BCUT2D eigenvalue weighted by Gasteiger charge is 2.20. The molecule has 0 aliphatic heterocycles. The van der Waals surface area contributed by atoms with Crippen LogP contribution in [-0.4, -0.2) is 25.2 Å². The summed E-state index contributed by atoms with van der Waals surface area (Å²) in [5.41, 5.74) is -0.377. The summed E-state index contributed by atoms with van der Waals surface area (Å²) in [5, 5.41) is 2.78. The second-order valence-electron chi connectivity index (χ2n) is 3.57. The molecule has 0 aromatic rings. The largest absolute Gasteiger partial charge is 0.378 e. The minimum absolute atomic E-state index is 0.0219. The van der Waals surface area contributed by atoms with Crippen molar-refractivity contribution in [1.29, 1.82) is 0 Å². The lowest BCUT2D eigenvalue weighted by Gasteiger charge is -2.21. The van der Waals surface area contributed by atoms with Crippen LogP contribution < -0.4 is 5.32 Å². The first kappa shape index (κ1) is 12.2. The van der Waals surface area contributed by atoms with Gasteiger partial charge in [-0.25, -0.2) is 0 Å². The molecule has 1 amide bonds. The number of hydrogen-bond donors (Lipinski definition) is 1. The number of carbonyl (C=O) groups excluding carboxylic acids is 1. The van der Waals surface area contributed by atoms with Crippen LogP contribution in [0.15, 0.2) is 12.7 Å². The van der Waals surface area contributed by atoms with Gasteiger partial charge in [0.2, 0.25) is 5.91 Å². The standard InChI is InChI=1S/C10H19NO2/c1-5-6-7-11-9(12)8-10(2,3)13-4/h5H,1,6-8H2,2-4H3,(H,11,12). The molecule has 0 fully saturated rings. The van der Waals surface area contributed by atoms with Crippen molar-refractivity contribution in [2.24, 2.45) is 0 Å². The van der Waals surface area contributed by atoms with Crippen LogP contribution in [0.1, 0.15) is 26.7 Å². The zero-order valence-electron chi connectivity index (χ0n) is 8.72. The fourth-order valence-corrected chi connectivity index (χ4v) is 0.835. The Labute approximate surface area is 80.2 Å². The zero-order valence-corrected chi connectivity index (χ0v) is 8.72. The maximum Gasteiger partial charge on any atom is 0.222 e. The highest BCUT2D eigenvalue weighted by Crippen LogP contribution is 2.11. The van der Waals surface area contributed by atoms with Crippen LogP contribution in [0.2, 0.25) is 0 Å². The van der Waals surface area contributed by atoms with E-state index in [0.29, 0.717) is 13.0 Å². The predicted octanol–water partition coefficient (Wildman–Crippen LogP) is 1.49. The smallest absolute Gasteiger partial charge is 0.222 e. The monoisotopic (exact) mass is 185 g/mol. The number of hydrogen-bond acceptors (Lipinski definition) is 2. The Balaban J connectivity index is 3.67. The normalized spacial score (nSPS) is 11.0. The van der Waals surface area contributed by atoms with E-state index in [0.717, 1.165) is 6.42 Å². The van der Waals surface area contributed by atoms with E-state index in [1.807, 2.05) is 13.8 Å². The summed E-state index contributed by atoms with van der Waals surface area (Å²) in [5.74, 6) is 0.0219. The van der Waals surface area contributed by atoms with Gasteiger partial charge in [-0.1, -0.05) is 6.08 Å². The Hall–Kier alpha value is -0.830. The minimum Gasteiger partial charge on any atom is -0.378 e. The lowest BCUT2D eigenvalue weighted by Crippen LogP contribution is -2.34. The SMILES string of the molecule is C=CCCNC(=O)CC(C)(C)OC. The van der Waals surface area contributed by atoms with Gasteiger partial charge >= 0.3 is 0 Å². The molecule has 76 valence electrons. The van der Waals surface area contributed by atoms with Gasteiger partial charge in [0.1, 0.15) is 0 Å². The number of ether oxygens (including phenoxy) is 1. The van der Waals surface area contributed by atoms with Crippen LogP contribution >= 0.6 is 0 Å². The Morgan fingerprint density at radius 1 is 1.62 bits per heavy atom. The van der Waals surface area contributed by atoms with Crippen LogP contribution in [0, 0.1) is 0 Å². The molecule has 0 aliphatic carbocycles. The second kappa shape index (κ2) is 5.75. The molecule has 3 nitrogen and oxygen atoms in total. The number of carbonyl (C=O) groups is 1. The van der Waals surface area contributed by atoms with Gasteiger partial charge in [-0.2, -0.15) is 0 Å². The molecule has 0 aromatic heterocycles. The third-order valence-corrected chi connectivity index (χ3v) is 1.81. The summed E-state index contributed by atoms with van der Waals surface area (Å²) in [6.07, 6.45) is 2.97. The van der Waals surface area contributed by atoms with Crippen LogP contribution in [-0.2, 0) is 9.53 Å². The van der Waals surface area contributed by atoms with Crippen molar-refractivity contribution in [1.82, 2.24) is 5.32 Å². The first-order chi connectivity index (χ1) is 6.02. The molecule has 0 heterocycles. The molecule has 0 unspecified atom stereocenters. The molecule has 0 saturated heterocycles. The van der Waals surface area contributed by atoms with E-state index in [-0.39, 0.29) is 11.5 Å². The van der Waals surface area contributed by atoms with Crippen molar-refractivity contribution in [3.05, 3.63) is 12.7 Å². The first-order valence-electron chi connectivity index (χ1n) is 4.44. The molecule has 1 N–H and O–H groups in total. The van der Waals surface area contributed by atoms with Gasteiger partial charge < -0.3 is 10.1 Å². The second-order valence-corrected chi connectivity index (χ2v) is 3.57. The fourth-order valence-electron chi connectivity index (χ4n) is 0.835. The lowest BCUT2D eigenvalue weighted by atomic mass is 10.1. The fraction of sp³-hybridized carbons (Fsp3) is 0.700. The van der Waals surface area contributed by atoms with Crippen molar-refractivity contribution in [3.8, 4) is 0 Å². The summed E-state index contributed by atoms with van der Waals surface area (Å²) in [7, 11) is 1.61. The molecule has 0 atom stereocenters. The van der Waals surface area contributed by atoms with Gasteiger partial charge in [-0.3, -0.25) is 4.79 Å². The van der Waals surface area contributed by atoms with Gasteiger partial charge in [-0.15, -0.1) is 6.58 Å². The highest BCUT2D eigenvalue weighted by atomic mass is 16.5. The molecule has 0 aliphatic rings. The first-order valence-corrected chi connectivity index (χ1v) is 4.44. The van der Waals surface area contributed by atoms with Crippen molar-refractivity contribution >= 4 is 5.91 Å². The van der Waals surface area contributed by atoms with Crippen LogP contribution in [0.4, 0.5) is 0 Å². The topological polar surface area (TPSA) is 38.3 Å². The summed E-state index contributed by atoms with van der Waals surface area (Å²) < 4.78 is 5.13. The lowest BCUT2D eigenvalue weighted by molar-refractivity contribution is -0.126. The number of methoxy groups -OCH3 is 1. The van der Waals surface area contributed by atoms with E-state index in [1.54, 1.807) is 13.2 Å².